The Bertz CT molecular complexity index is 171. The number of hydrogen-bond acceptors (Lipinski definition) is 4. The molecular weight excluding hydrogens is 208 g/mol. The SMILES string of the molecule is CC.COCCNC(=O)CN1CCOCC1. The molecule has 0 aromatic rings. The van der Waals surface area contributed by atoms with Gasteiger partial charge in [0.25, 0.3) is 0 Å². The van der Waals surface area contributed by atoms with E-state index in [2.05, 4.69) is 10.2 Å². The molecule has 16 heavy (non-hydrogen) atoms. The van der Waals surface area contributed by atoms with Gasteiger partial charge in [-0.3, -0.25) is 9.69 Å². The van der Waals surface area contributed by atoms with Crippen molar-refractivity contribution in [1.29, 1.82) is 0 Å². The predicted molar refractivity (Wildman–Crippen MR) is 63.5 cm³/mol. The summed E-state index contributed by atoms with van der Waals surface area (Å²) in [4.78, 5) is 13.4. The summed E-state index contributed by atoms with van der Waals surface area (Å²) in [6, 6.07) is 0. The first-order valence-corrected chi connectivity index (χ1v) is 5.88. The van der Waals surface area contributed by atoms with E-state index in [4.69, 9.17) is 9.47 Å². The zero-order valence-corrected chi connectivity index (χ0v) is 10.6. The van der Waals surface area contributed by atoms with Gasteiger partial charge in [0.05, 0.1) is 26.4 Å². The molecule has 0 bridgehead atoms. The standard InChI is InChI=1S/C9H18N2O3.C2H6/c1-13-5-2-10-9(12)8-11-3-6-14-7-4-11;1-2/h2-8H2,1H3,(H,10,12);1-2H3. The van der Waals surface area contributed by atoms with Crippen LogP contribution in [0.2, 0.25) is 0 Å². The lowest BCUT2D eigenvalue weighted by molar-refractivity contribution is -0.123. The minimum Gasteiger partial charge on any atom is -0.383 e. The normalized spacial score (nSPS) is 16.2. The van der Waals surface area contributed by atoms with Crippen molar-refractivity contribution in [3.63, 3.8) is 0 Å². The first-order valence-electron chi connectivity index (χ1n) is 5.88. The Morgan fingerprint density at radius 2 is 2.00 bits per heavy atom. The van der Waals surface area contributed by atoms with Gasteiger partial charge in [0.15, 0.2) is 0 Å². The minimum absolute atomic E-state index is 0.0592. The fourth-order valence-corrected chi connectivity index (χ4v) is 1.31. The Labute approximate surface area is 98.1 Å². The zero-order chi connectivity index (χ0) is 12.2. The van der Waals surface area contributed by atoms with Crippen LogP contribution >= 0.6 is 0 Å². The molecule has 5 heteroatoms. The molecule has 1 amide bonds. The molecule has 0 radical (unpaired) electrons. The van der Waals surface area contributed by atoms with Crippen molar-refractivity contribution in [2.45, 2.75) is 13.8 Å². The molecule has 5 nitrogen and oxygen atoms in total. The van der Waals surface area contributed by atoms with E-state index in [9.17, 15) is 4.79 Å². The molecule has 1 saturated heterocycles. The second-order valence-electron chi connectivity index (χ2n) is 3.23. The number of nitrogens with one attached hydrogen (secondary N) is 1. The van der Waals surface area contributed by atoms with Crippen LogP contribution in [0.15, 0.2) is 0 Å². The fourth-order valence-electron chi connectivity index (χ4n) is 1.31. The van der Waals surface area contributed by atoms with Gasteiger partial charge in [-0.05, 0) is 0 Å². The van der Waals surface area contributed by atoms with Crippen LogP contribution in [0.1, 0.15) is 13.8 Å². The summed E-state index contributed by atoms with van der Waals surface area (Å²) in [5, 5.41) is 2.78. The van der Waals surface area contributed by atoms with Crippen LogP contribution in [0.3, 0.4) is 0 Å². The lowest BCUT2D eigenvalue weighted by Crippen LogP contribution is -2.43. The number of carbonyl (C=O) groups excluding carboxylic acids is 1. The largest absolute Gasteiger partial charge is 0.383 e. The monoisotopic (exact) mass is 232 g/mol. The van der Waals surface area contributed by atoms with Gasteiger partial charge in [0.1, 0.15) is 0 Å². The van der Waals surface area contributed by atoms with Crippen LogP contribution in [-0.4, -0.2) is 63.9 Å². The molecule has 1 N–H and O–H groups in total. The number of carbonyl (C=O) groups is 1. The lowest BCUT2D eigenvalue weighted by atomic mass is 10.4. The van der Waals surface area contributed by atoms with Crippen LogP contribution in [0, 0.1) is 0 Å². The number of rotatable bonds is 5. The molecule has 1 fully saturated rings. The van der Waals surface area contributed by atoms with Crippen LogP contribution in [0.4, 0.5) is 0 Å². The number of amides is 1. The molecular formula is C11H24N2O3. The van der Waals surface area contributed by atoms with E-state index >= 15 is 0 Å². The van der Waals surface area contributed by atoms with Crippen LogP contribution in [-0.2, 0) is 14.3 Å². The molecule has 0 spiro atoms. The summed E-state index contributed by atoms with van der Waals surface area (Å²) in [6.07, 6.45) is 0. The van der Waals surface area contributed by atoms with Crippen molar-refractivity contribution in [2.24, 2.45) is 0 Å². The second-order valence-corrected chi connectivity index (χ2v) is 3.23. The predicted octanol–water partition coefficient (Wildman–Crippen LogP) is 0.107. The van der Waals surface area contributed by atoms with Crippen LogP contribution in [0.25, 0.3) is 0 Å². The number of morpholine rings is 1. The molecule has 96 valence electrons. The van der Waals surface area contributed by atoms with E-state index < -0.39 is 0 Å². The van der Waals surface area contributed by atoms with Crippen molar-refractivity contribution in [3.8, 4) is 0 Å². The second kappa shape index (κ2) is 10.9. The maximum atomic E-state index is 11.3. The molecule has 0 aromatic carbocycles. The zero-order valence-electron chi connectivity index (χ0n) is 10.6. The lowest BCUT2D eigenvalue weighted by Gasteiger charge is -2.25. The molecule has 0 atom stereocenters. The number of ether oxygens (including phenoxy) is 2. The molecule has 0 aromatic heterocycles. The smallest absolute Gasteiger partial charge is 0.234 e. The summed E-state index contributed by atoms with van der Waals surface area (Å²) >= 11 is 0. The van der Waals surface area contributed by atoms with E-state index in [1.165, 1.54) is 0 Å². The highest BCUT2D eigenvalue weighted by atomic mass is 16.5. The van der Waals surface area contributed by atoms with E-state index in [0.717, 1.165) is 26.3 Å². The highest BCUT2D eigenvalue weighted by Gasteiger charge is 2.13. The quantitative estimate of drug-likeness (QED) is 0.683. The highest BCUT2D eigenvalue weighted by molar-refractivity contribution is 5.77. The van der Waals surface area contributed by atoms with Crippen LogP contribution < -0.4 is 5.32 Å². The van der Waals surface area contributed by atoms with Crippen molar-refractivity contribution < 1.29 is 14.3 Å². The van der Waals surface area contributed by atoms with E-state index in [0.29, 0.717) is 19.7 Å². The molecule has 0 saturated carbocycles. The van der Waals surface area contributed by atoms with E-state index in [1.807, 2.05) is 13.8 Å². The third-order valence-corrected chi connectivity index (χ3v) is 2.10. The number of methoxy groups -OCH3 is 1. The number of nitrogens with zero attached hydrogens (tertiary/aromatic N) is 1. The highest BCUT2D eigenvalue weighted by Crippen LogP contribution is 1.95. The summed E-state index contributed by atoms with van der Waals surface area (Å²) in [6.45, 7) is 8.76. The molecule has 0 aliphatic carbocycles. The molecule has 1 aliphatic heterocycles. The van der Waals surface area contributed by atoms with Gasteiger partial charge in [-0.25, -0.2) is 0 Å². The fraction of sp³-hybridized carbons (Fsp3) is 0.909. The van der Waals surface area contributed by atoms with Crippen molar-refractivity contribution in [1.82, 2.24) is 10.2 Å². The maximum absolute atomic E-state index is 11.3. The van der Waals surface area contributed by atoms with Crippen molar-refractivity contribution in [3.05, 3.63) is 0 Å². The van der Waals surface area contributed by atoms with Gasteiger partial charge >= 0.3 is 0 Å². The molecule has 0 unspecified atom stereocenters. The minimum atomic E-state index is 0.0592. The Hall–Kier alpha value is -0.650. The molecule has 1 heterocycles. The van der Waals surface area contributed by atoms with Gasteiger partial charge in [-0.1, -0.05) is 13.8 Å². The Kier molecular flexibility index (Phi) is 10.4. The van der Waals surface area contributed by atoms with Crippen molar-refractivity contribution >= 4 is 5.91 Å². The average molecular weight is 232 g/mol. The first-order chi connectivity index (χ1) is 7.83. The number of hydrogen-bond donors (Lipinski definition) is 1. The summed E-state index contributed by atoms with van der Waals surface area (Å²) in [7, 11) is 1.62. The van der Waals surface area contributed by atoms with Crippen molar-refractivity contribution in [2.75, 3.05) is 53.1 Å². The first kappa shape index (κ1) is 15.3. The third kappa shape index (κ3) is 7.62. The van der Waals surface area contributed by atoms with E-state index in [-0.39, 0.29) is 5.91 Å². The topological polar surface area (TPSA) is 50.8 Å². The Morgan fingerprint density at radius 1 is 1.38 bits per heavy atom. The summed E-state index contributed by atoms with van der Waals surface area (Å²) < 4.78 is 10.0. The van der Waals surface area contributed by atoms with Gasteiger partial charge < -0.3 is 14.8 Å². The van der Waals surface area contributed by atoms with Crippen LogP contribution in [0.5, 0.6) is 0 Å². The van der Waals surface area contributed by atoms with Gasteiger partial charge in [0.2, 0.25) is 5.91 Å². The van der Waals surface area contributed by atoms with Gasteiger partial charge in [-0.15, -0.1) is 0 Å². The average Bonchev–Trinajstić information content (AvgIpc) is 2.33. The van der Waals surface area contributed by atoms with Gasteiger partial charge in [-0.2, -0.15) is 0 Å². The summed E-state index contributed by atoms with van der Waals surface area (Å²) in [5.41, 5.74) is 0. The van der Waals surface area contributed by atoms with E-state index in [1.54, 1.807) is 7.11 Å². The van der Waals surface area contributed by atoms with Gasteiger partial charge in [0, 0.05) is 26.7 Å². The maximum Gasteiger partial charge on any atom is 0.234 e. The molecule has 1 aliphatic rings. The Balaban J connectivity index is 0.00000106. The third-order valence-electron chi connectivity index (χ3n) is 2.10. The Morgan fingerprint density at radius 3 is 2.56 bits per heavy atom. The summed E-state index contributed by atoms with van der Waals surface area (Å²) in [5.74, 6) is 0.0592. The molecule has 1 rings (SSSR count).